The van der Waals surface area contributed by atoms with Gasteiger partial charge in [-0.2, -0.15) is 5.10 Å². The van der Waals surface area contributed by atoms with E-state index in [-0.39, 0.29) is 24.5 Å². The summed E-state index contributed by atoms with van der Waals surface area (Å²) >= 11 is 0. The van der Waals surface area contributed by atoms with E-state index in [1.54, 1.807) is 42.3 Å². The molecule has 4 rings (SSSR count). The van der Waals surface area contributed by atoms with Crippen molar-refractivity contribution in [2.24, 2.45) is 7.05 Å². The van der Waals surface area contributed by atoms with Gasteiger partial charge in [0.15, 0.2) is 11.6 Å². The number of benzene rings is 1. The predicted molar refractivity (Wildman–Crippen MR) is 83.9 cm³/mol. The fourth-order valence-corrected chi connectivity index (χ4v) is 2.26. The van der Waals surface area contributed by atoms with Gasteiger partial charge in [0.1, 0.15) is 0 Å². The Kier molecular flexibility index (Phi) is 3.64. The lowest BCUT2D eigenvalue weighted by Crippen LogP contribution is -2.05. The third-order valence-electron chi connectivity index (χ3n) is 3.67. The monoisotopic (exact) mass is 329 g/mol. The standard InChI is InChI=1S/C16H16FN5O2/c1-22-9-11(8-19-22)15-20-21-16(24-15)18-7-10-3-2-4-13(14(10)17)23-12-5-6-12/h2-4,8-9,12H,5-7H2,1H3,(H,18,21). The van der Waals surface area contributed by atoms with Gasteiger partial charge in [0, 0.05) is 25.4 Å². The van der Waals surface area contributed by atoms with E-state index in [1.165, 1.54) is 0 Å². The highest BCUT2D eigenvalue weighted by molar-refractivity contribution is 5.50. The molecule has 124 valence electrons. The fourth-order valence-electron chi connectivity index (χ4n) is 2.26. The Bertz CT molecular complexity index is 856. The van der Waals surface area contributed by atoms with Gasteiger partial charge < -0.3 is 14.5 Å². The molecule has 0 saturated heterocycles. The molecule has 0 atom stereocenters. The topological polar surface area (TPSA) is 78.0 Å². The third-order valence-corrected chi connectivity index (χ3v) is 3.67. The zero-order valence-corrected chi connectivity index (χ0v) is 13.1. The van der Waals surface area contributed by atoms with Gasteiger partial charge in [0.25, 0.3) is 5.89 Å². The van der Waals surface area contributed by atoms with Crippen LogP contribution in [0.5, 0.6) is 5.75 Å². The fraction of sp³-hybridized carbons (Fsp3) is 0.312. The summed E-state index contributed by atoms with van der Waals surface area (Å²) in [4.78, 5) is 0. The molecule has 2 heterocycles. The lowest BCUT2D eigenvalue weighted by Gasteiger charge is -2.09. The van der Waals surface area contributed by atoms with Crippen LogP contribution in [0.25, 0.3) is 11.5 Å². The van der Waals surface area contributed by atoms with Crippen LogP contribution in [0.1, 0.15) is 18.4 Å². The molecule has 1 fully saturated rings. The molecule has 0 spiro atoms. The summed E-state index contributed by atoms with van der Waals surface area (Å²) in [6.45, 7) is 0.225. The number of nitrogens with one attached hydrogen (secondary N) is 1. The molecule has 1 aliphatic rings. The van der Waals surface area contributed by atoms with Crippen LogP contribution in [0.2, 0.25) is 0 Å². The van der Waals surface area contributed by atoms with Gasteiger partial charge in [-0.15, -0.1) is 5.10 Å². The summed E-state index contributed by atoms with van der Waals surface area (Å²) < 4.78 is 27.1. The maximum atomic E-state index is 14.4. The number of ether oxygens (including phenoxy) is 1. The SMILES string of the molecule is Cn1cc(-c2nnc(NCc3cccc(OC4CC4)c3F)o2)cn1. The second-order valence-corrected chi connectivity index (χ2v) is 5.72. The van der Waals surface area contributed by atoms with Gasteiger partial charge in [-0.25, -0.2) is 4.39 Å². The average Bonchev–Trinajstić information content (AvgIpc) is 3.08. The van der Waals surface area contributed by atoms with Crippen molar-refractivity contribution in [1.82, 2.24) is 20.0 Å². The van der Waals surface area contributed by atoms with Crippen molar-refractivity contribution in [2.45, 2.75) is 25.5 Å². The Morgan fingerprint density at radius 3 is 3.00 bits per heavy atom. The third kappa shape index (κ3) is 3.08. The summed E-state index contributed by atoms with van der Waals surface area (Å²) in [6, 6.07) is 5.33. The Morgan fingerprint density at radius 1 is 1.38 bits per heavy atom. The first-order valence-corrected chi connectivity index (χ1v) is 7.69. The predicted octanol–water partition coefficient (Wildman–Crippen LogP) is 2.76. The van der Waals surface area contributed by atoms with Crippen LogP contribution in [0.15, 0.2) is 35.0 Å². The van der Waals surface area contributed by atoms with Gasteiger partial charge in [0.05, 0.1) is 17.9 Å². The molecule has 0 aliphatic heterocycles. The largest absolute Gasteiger partial charge is 0.487 e. The van der Waals surface area contributed by atoms with Gasteiger partial charge >= 0.3 is 6.01 Å². The molecule has 1 N–H and O–H groups in total. The van der Waals surface area contributed by atoms with Crippen molar-refractivity contribution in [3.8, 4) is 17.2 Å². The van der Waals surface area contributed by atoms with E-state index in [0.717, 1.165) is 18.4 Å². The molecule has 8 heteroatoms. The average molecular weight is 329 g/mol. The number of halogens is 1. The Hall–Kier alpha value is -2.90. The highest BCUT2D eigenvalue weighted by Gasteiger charge is 2.25. The van der Waals surface area contributed by atoms with Gasteiger partial charge in [-0.3, -0.25) is 4.68 Å². The maximum absolute atomic E-state index is 14.4. The lowest BCUT2D eigenvalue weighted by molar-refractivity contribution is 0.286. The van der Waals surface area contributed by atoms with Crippen molar-refractivity contribution < 1.29 is 13.5 Å². The van der Waals surface area contributed by atoms with E-state index in [0.29, 0.717) is 17.2 Å². The van der Waals surface area contributed by atoms with E-state index < -0.39 is 0 Å². The van der Waals surface area contributed by atoms with Crippen molar-refractivity contribution in [3.05, 3.63) is 42.0 Å². The van der Waals surface area contributed by atoms with Crippen molar-refractivity contribution in [3.63, 3.8) is 0 Å². The van der Waals surface area contributed by atoms with Crippen molar-refractivity contribution >= 4 is 6.01 Å². The second-order valence-electron chi connectivity index (χ2n) is 5.72. The molecule has 0 amide bonds. The highest BCUT2D eigenvalue weighted by atomic mass is 19.1. The summed E-state index contributed by atoms with van der Waals surface area (Å²) in [5.41, 5.74) is 1.21. The molecule has 24 heavy (non-hydrogen) atoms. The number of aromatic nitrogens is 4. The summed E-state index contributed by atoms with van der Waals surface area (Å²) in [7, 11) is 1.80. The summed E-state index contributed by atoms with van der Waals surface area (Å²) in [5, 5.41) is 14.8. The van der Waals surface area contributed by atoms with E-state index in [9.17, 15) is 4.39 Å². The molecular formula is C16H16FN5O2. The first-order valence-electron chi connectivity index (χ1n) is 7.69. The van der Waals surface area contributed by atoms with Gasteiger partial charge in [-0.05, 0) is 18.9 Å². The lowest BCUT2D eigenvalue weighted by atomic mass is 10.2. The van der Waals surface area contributed by atoms with E-state index in [2.05, 4.69) is 20.6 Å². The van der Waals surface area contributed by atoms with E-state index in [1.807, 2.05) is 0 Å². The van der Waals surface area contributed by atoms with Crippen LogP contribution in [-0.4, -0.2) is 26.1 Å². The zero-order valence-electron chi connectivity index (χ0n) is 13.1. The minimum absolute atomic E-state index is 0.153. The first-order chi connectivity index (χ1) is 11.7. The maximum Gasteiger partial charge on any atom is 0.316 e. The molecule has 2 aromatic heterocycles. The number of aryl methyl sites for hydroxylation is 1. The van der Waals surface area contributed by atoms with Crippen LogP contribution in [0, 0.1) is 5.82 Å². The molecule has 0 unspecified atom stereocenters. The number of hydrogen-bond acceptors (Lipinski definition) is 6. The molecule has 1 aromatic carbocycles. The quantitative estimate of drug-likeness (QED) is 0.749. The van der Waals surface area contributed by atoms with Crippen molar-refractivity contribution in [1.29, 1.82) is 0 Å². The van der Waals surface area contributed by atoms with E-state index >= 15 is 0 Å². The summed E-state index contributed by atoms with van der Waals surface area (Å²) in [5.74, 6) is 0.291. The first kappa shape index (κ1) is 14.7. The smallest absolute Gasteiger partial charge is 0.316 e. The number of nitrogens with zero attached hydrogens (tertiary/aromatic N) is 4. The van der Waals surface area contributed by atoms with Crippen LogP contribution in [0.3, 0.4) is 0 Å². The summed E-state index contributed by atoms with van der Waals surface area (Å²) in [6.07, 6.45) is 5.54. The minimum atomic E-state index is -0.358. The molecule has 1 aliphatic carbocycles. The van der Waals surface area contributed by atoms with Crippen LogP contribution >= 0.6 is 0 Å². The Morgan fingerprint density at radius 2 is 2.25 bits per heavy atom. The number of anilines is 1. The molecule has 0 bridgehead atoms. The normalized spacial score (nSPS) is 13.9. The van der Waals surface area contributed by atoms with Gasteiger partial charge in [0.2, 0.25) is 0 Å². The minimum Gasteiger partial charge on any atom is -0.487 e. The second kappa shape index (κ2) is 5.95. The van der Waals surface area contributed by atoms with Gasteiger partial charge in [-0.1, -0.05) is 17.2 Å². The molecule has 7 nitrogen and oxygen atoms in total. The van der Waals surface area contributed by atoms with E-state index in [4.69, 9.17) is 9.15 Å². The van der Waals surface area contributed by atoms with Crippen LogP contribution in [0.4, 0.5) is 10.4 Å². The molecular weight excluding hydrogens is 313 g/mol. The molecule has 1 saturated carbocycles. The molecule has 3 aromatic rings. The Labute approximate surface area is 137 Å². The molecule has 0 radical (unpaired) electrons. The van der Waals surface area contributed by atoms with Crippen molar-refractivity contribution in [2.75, 3.05) is 5.32 Å². The highest BCUT2D eigenvalue weighted by Crippen LogP contribution is 2.30. The van der Waals surface area contributed by atoms with Crippen LogP contribution < -0.4 is 10.1 Å². The number of rotatable bonds is 6. The Balaban J connectivity index is 1.44. The zero-order chi connectivity index (χ0) is 16.5. The van der Waals surface area contributed by atoms with Crippen LogP contribution in [-0.2, 0) is 13.6 Å². The number of hydrogen-bond donors (Lipinski definition) is 1.